The van der Waals surface area contributed by atoms with Gasteiger partial charge in [-0.15, -0.1) is 0 Å². The molecule has 0 radical (unpaired) electrons. The molecule has 0 aromatic rings. The van der Waals surface area contributed by atoms with Crippen LogP contribution in [0, 0.1) is 0 Å². The summed E-state index contributed by atoms with van der Waals surface area (Å²) in [6.45, 7) is 2.42. The van der Waals surface area contributed by atoms with Gasteiger partial charge in [0.15, 0.2) is 0 Å². The molecule has 1 aliphatic carbocycles. The maximum Gasteiger partial charge on any atom is 0.0170 e. The zero-order valence-electron chi connectivity index (χ0n) is 8.22. The minimum Gasteiger partial charge on any atom is -0.314 e. The zero-order valence-corrected chi connectivity index (χ0v) is 9.04. The minimum absolute atomic E-state index is 0.770. The quantitative estimate of drug-likeness (QED) is 0.713. The van der Waals surface area contributed by atoms with E-state index in [1.54, 1.807) is 0 Å². The molecule has 1 heterocycles. The van der Waals surface area contributed by atoms with Crippen LogP contribution in [0.25, 0.3) is 0 Å². The third kappa shape index (κ3) is 3.15. The van der Waals surface area contributed by atoms with E-state index in [4.69, 9.17) is 0 Å². The third-order valence-corrected chi connectivity index (χ3v) is 4.16. The van der Waals surface area contributed by atoms with E-state index in [2.05, 4.69) is 22.4 Å². The van der Waals surface area contributed by atoms with Crippen LogP contribution >= 0.6 is 11.8 Å². The van der Waals surface area contributed by atoms with Gasteiger partial charge in [-0.2, -0.15) is 11.8 Å². The van der Waals surface area contributed by atoms with Crippen LogP contribution in [0.2, 0.25) is 0 Å². The van der Waals surface area contributed by atoms with Gasteiger partial charge >= 0.3 is 0 Å². The fourth-order valence-corrected chi connectivity index (χ4v) is 2.88. The van der Waals surface area contributed by atoms with E-state index in [0.29, 0.717) is 0 Å². The summed E-state index contributed by atoms with van der Waals surface area (Å²) < 4.78 is 0. The molecule has 0 amide bonds. The van der Waals surface area contributed by atoms with Crippen molar-refractivity contribution >= 4 is 11.8 Å². The van der Waals surface area contributed by atoms with E-state index >= 15 is 0 Å². The van der Waals surface area contributed by atoms with Crippen molar-refractivity contribution in [3.05, 3.63) is 0 Å². The Kier molecular flexibility index (Phi) is 3.94. The average molecular weight is 200 g/mol. The average Bonchev–Trinajstić information content (AvgIpc) is 2.11. The molecule has 2 rings (SSSR count). The summed E-state index contributed by atoms with van der Waals surface area (Å²) in [5, 5.41) is 7.19. The lowest BCUT2D eigenvalue weighted by Gasteiger charge is -2.28. The summed E-state index contributed by atoms with van der Waals surface area (Å²) >= 11 is 2.09. The maximum absolute atomic E-state index is 3.62. The van der Waals surface area contributed by atoms with Crippen LogP contribution in [-0.2, 0) is 0 Å². The molecule has 1 saturated carbocycles. The fraction of sp³-hybridized carbons (Fsp3) is 1.00. The van der Waals surface area contributed by atoms with Crippen molar-refractivity contribution in [1.82, 2.24) is 10.6 Å². The third-order valence-electron chi connectivity index (χ3n) is 3.03. The van der Waals surface area contributed by atoms with Gasteiger partial charge < -0.3 is 10.6 Å². The molecule has 1 saturated heterocycles. The van der Waals surface area contributed by atoms with Crippen LogP contribution in [0.3, 0.4) is 0 Å². The Morgan fingerprint density at radius 1 is 1.38 bits per heavy atom. The van der Waals surface area contributed by atoms with Gasteiger partial charge in [0.1, 0.15) is 0 Å². The largest absolute Gasteiger partial charge is 0.314 e. The van der Waals surface area contributed by atoms with Crippen molar-refractivity contribution in [2.75, 3.05) is 24.6 Å². The van der Waals surface area contributed by atoms with Gasteiger partial charge in [0.25, 0.3) is 0 Å². The Morgan fingerprint density at radius 2 is 2.31 bits per heavy atom. The monoisotopic (exact) mass is 200 g/mol. The number of thioether (sulfide) groups is 1. The van der Waals surface area contributed by atoms with Crippen molar-refractivity contribution in [1.29, 1.82) is 0 Å². The number of hydrogen-bond donors (Lipinski definition) is 2. The van der Waals surface area contributed by atoms with E-state index in [9.17, 15) is 0 Å². The Labute approximate surface area is 85.2 Å². The molecule has 2 N–H and O–H groups in total. The van der Waals surface area contributed by atoms with Crippen molar-refractivity contribution in [2.24, 2.45) is 0 Å². The topological polar surface area (TPSA) is 24.1 Å². The van der Waals surface area contributed by atoms with Crippen molar-refractivity contribution in [3.63, 3.8) is 0 Å². The normalized spacial score (nSPS) is 30.0. The van der Waals surface area contributed by atoms with Gasteiger partial charge in [-0.25, -0.2) is 0 Å². The number of nitrogens with one attached hydrogen (secondary N) is 2. The molecule has 2 nitrogen and oxygen atoms in total. The molecule has 2 fully saturated rings. The summed E-state index contributed by atoms with van der Waals surface area (Å²) in [7, 11) is 0. The molecular formula is C10H20N2S. The van der Waals surface area contributed by atoms with Crippen LogP contribution in [0.4, 0.5) is 0 Å². The van der Waals surface area contributed by atoms with Crippen molar-refractivity contribution in [2.45, 2.75) is 37.8 Å². The second-order valence-electron chi connectivity index (χ2n) is 4.10. The highest BCUT2D eigenvalue weighted by Crippen LogP contribution is 2.18. The summed E-state index contributed by atoms with van der Waals surface area (Å²) in [5.41, 5.74) is 0. The second-order valence-corrected chi connectivity index (χ2v) is 5.25. The Morgan fingerprint density at radius 3 is 2.92 bits per heavy atom. The highest BCUT2D eigenvalue weighted by atomic mass is 32.2. The second kappa shape index (κ2) is 5.23. The van der Waals surface area contributed by atoms with Gasteiger partial charge in [0.2, 0.25) is 0 Å². The minimum atomic E-state index is 0.770. The standard InChI is InChI=1S/C10H20N2S/c1-2-9(3-1)11-5-4-10-8-13-7-6-12-10/h9-12H,1-8H2. The summed E-state index contributed by atoms with van der Waals surface area (Å²) in [5.74, 6) is 2.61. The van der Waals surface area contributed by atoms with Crippen molar-refractivity contribution < 1.29 is 0 Å². The molecule has 1 aliphatic heterocycles. The molecule has 0 aromatic heterocycles. The lowest BCUT2D eigenvalue weighted by atomic mass is 9.93. The number of hydrogen-bond acceptors (Lipinski definition) is 3. The Balaban J connectivity index is 1.50. The molecule has 1 atom stereocenters. The van der Waals surface area contributed by atoms with Gasteiger partial charge in [0.05, 0.1) is 0 Å². The lowest BCUT2D eigenvalue weighted by molar-refractivity contribution is 0.332. The molecule has 0 bridgehead atoms. The van der Waals surface area contributed by atoms with E-state index < -0.39 is 0 Å². The van der Waals surface area contributed by atoms with Gasteiger partial charge in [0, 0.05) is 30.1 Å². The predicted octanol–water partition coefficient (Wildman–Crippen LogP) is 1.22. The highest BCUT2D eigenvalue weighted by Gasteiger charge is 2.17. The molecule has 0 spiro atoms. The molecule has 0 aromatic carbocycles. The molecule has 76 valence electrons. The van der Waals surface area contributed by atoms with E-state index in [-0.39, 0.29) is 0 Å². The number of rotatable bonds is 4. The van der Waals surface area contributed by atoms with Crippen LogP contribution in [-0.4, -0.2) is 36.7 Å². The Hall–Kier alpha value is 0.270. The highest BCUT2D eigenvalue weighted by molar-refractivity contribution is 7.99. The van der Waals surface area contributed by atoms with Crippen LogP contribution in [0.15, 0.2) is 0 Å². The van der Waals surface area contributed by atoms with Crippen LogP contribution in [0.5, 0.6) is 0 Å². The molecule has 2 aliphatic rings. The summed E-state index contributed by atoms with van der Waals surface area (Å²) in [4.78, 5) is 0. The molecular weight excluding hydrogens is 180 g/mol. The maximum atomic E-state index is 3.62. The Bertz CT molecular complexity index is 142. The smallest absolute Gasteiger partial charge is 0.0170 e. The predicted molar refractivity (Wildman–Crippen MR) is 59.4 cm³/mol. The van der Waals surface area contributed by atoms with Gasteiger partial charge in [-0.1, -0.05) is 6.42 Å². The van der Waals surface area contributed by atoms with E-state index in [1.165, 1.54) is 50.3 Å². The molecule has 1 unspecified atom stereocenters. The van der Waals surface area contributed by atoms with Gasteiger partial charge in [-0.05, 0) is 25.8 Å². The van der Waals surface area contributed by atoms with E-state index in [1.807, 2.05) is 0 Å². The first-order valence-corrected chi connectivity index (χ1v) is 6.65. The molecule has 13 heavy (non-hydrogen) atoms. The first kappa shape index (κ1) is 9.81. The summed E-state index contributed by atoms with van der Waals surface area (Å²) in [6, 6.07) is 1.63. The SMILES string of the molecule is C1CC(NCCC2CSCCN2)C1. The van der Waals surface area contributed by atoms with E-state index in [0.717, 1.165) is 12.1 Å². The van der Waals surface area contributed by atoms with Gasteiger partial charge in [-0.3, -0.25) is 0 Å². The fourth-order valence-electron chi connectivity index (χ4n) is 1.88. The first-order chi connectivity index (χ1) is 6.45. The zero-order chi connectivity index (χ0) is 8.93. The lowest BCUT2D eigenvalue weighted by Crippen LogP contribution is -2.42. The summed E-state index contributed by atoms with van der Waals surface area (Å²) in [6.07, 6.45) is 5.57. The first-order valence-electron chi connectivity index (χ1n) is 5.49. The molecule has 3 heteroatoms. The van der Waals surface area contributed by atoms with Crippen LogP contribution in [0.1, 0.15) is 25.7 Å². The van der Waals surface area contributed by atoms with Crippen LogP contribution < -0.4 is 10.6 Å². The van der Waals surface area contributed by atoms with Crippen molar-refractivity contribution in [3.8, 4) is 0 Å².